The minimum atomic E-state index is -4.38. The Bertz CT molecular complexity index is 1010. The van der Waals surface area contributed by atoms with Crippen LogP contribution in [0, 0.1) is 0 Å². The topological polar surface area (TPSA) is 134 Å². The van der Waals surface area contributed by atoms with Crippen molar-refractivity contribution in [3.63, 3.8) is 0 Å². The second-order valence-electron chi connectivity index (χ2n) is 12.4. The molecule has 0 radical (unpaired) electrons. The number of rotatable bonds is 35. The normalized spacial score (nSPS) is 14.1. The third-order valence-corrected chi connectivity index (χ3v) is 8.65. The predicted octanol–water partition coefficient (Wildman–Crippen LogP) is 10.5. The summed E-state index contributed by atoms with van der Waals surface area (Å²) in [6.07, 6.45) is 41.1. The molecule has 0 aromatic heterocycles. The van der Waals surface area contributed by atoms with Crippen LogP contribution in [0.3, 0.4) is 0 Å². The van der Waals surface area contributed by atoms with Gasteiger partial charge in [-0.15, -0.1) is 0 Å². The quantitative estimate of drug-likeness (QED) is 0.0283. The molecule has 0 amide bonds. The maximum atomic E-state index is 12.5. The number of hydrogen-bond donors (Lipinski definition) is 2. The Morgan fingerprint density at radius 3 is 1.62 bits per heavy atom. The van der Waals surface area contributed by atoms with Gasteiger partial charge in [0.25, 0.3) is 0 Å². The second kappa shape index (κ2) is 36.5. The van der Waals surface area contributed by atoms with Gasteiger partial charge >= 0.3 is 19.8 Å². The van der Waals surface area contributed by atoms with Gasteiger partial charge in [-0.1, -0.05) is 145 Å². The molecule has 0 saturated heterocycles. The molecular weight excluding hydrogens is 653 g/mol. The number of unbranched alkanes of at least 4 members (excludes halogenated alkanes) is 12. The first-order chi connectivity index (χ1) is 24.3. The first-order valence-corrected chi connectivity index (χ1v) is 20.8. The molecule has 0 bridgehead atoms. The van der Waals surface area contributed by atoms with E-state index in [1.807, 2.05) is 6.08 Å². The van der Waals surface area contributed by atoms with Crippen LogP contribution in [0.25, 0.3) is 0 Å². The second-order valence-corrected chi connectivity index (χ2v) is 13.9. The summed E-state index contributed by atoms with van der Waals surface area (Å²) < 4.78 is 32.6. The molecule has 50 heavy (non-hydrogen) atoms. The van der Waals surface area contributed by atoms with Crippen molar-refractivity contribution in [1.82, 2.24) is 0 Å². The largest absolute Gasteiger partial charge is 0.472 e. The van der Waals surface area contributed by atoms with E-state index in [4.69, 9.17) is 24.3 Å². The molecular formula is C40H70NO8P. The lowest BCUT2D eigenvalue weighted by Gasteiger charge is -2.19. The smallest absolute Gasteiger partial charge is 0.462 e. The van der Waals surface area contributed by atoms with Crippen molar-refractivity contribution in [2.75, 3.05) is 26.4 Å². The van der Waals surface area contributed by atoms with Gasteiger partial charge < -0.3 is 20.1 Å². The molecule has 0 fully saturated rings. The standard InChI is InChI=1S/C40H70NO8P/c1-3-5-7-9-11-13-15-17-18-19-20-21-23-24-26-28-30-32-39(42)46-36-38(37-48-50(44,45)47-35-34-41)49-40(43)33-31-29-27-25-22-16-14-12-10-8-6-4-2/h5,7,11,13,17-18,20-21,24,26,38H,3-4,6,8-10,12,14-16,19,22-23,25,27-37,41H2,1-2H3,(H,44,45). The molecule has 0 rings (SSSR count). The predicted molar refractivity (Wildman–Crippen MR) is 206 cm³/mol. The van der Waals surface area contributed by atoms with Gasteiger partial charge in [-0.05, 0) is 51.4 Å². The van der Waals surface area contributed by atoms with Gasteiger partial charge in [0.15, 0.2) is 6.10 Å². The first-order valence-electron chi connectivity index (χ1n) is 19.3. The van der Waals surface area contributed by atoms with Crippen LogP contribution in [0.5, 0.6) is 0 Å². The van der Waals surface area contributed by atoms with Gasteiger partial charge in [0, 0.05) is 19.4 Å². The zero-order valence-electron chi connectivity index (χ0n) is 31.4. The molecule has 0 aliphatic carbocycles. The fourth-order valence-corrected chi connectivity index (χ4v) is 5.61. The summed E-state index contributed by atoms with van der Waals surface area (Å²) in [5.41, 5.74) is 5.33. The highest BCUT2D eigenvalue weighted by atomic mass is 31.2. The first kappa shape index (κ1) is 47.7. The highest BCUT2D eigenvalue weighted by molar-refractivity contribution is 7.47. The van der Waals surface area contributed by atoms with Crippen LogP contribution in [0.1, 0.15) is 149 Å². The van der Waals surface area contributed by atoms with Gasteiger partial charge in [0.2, 0.25) is 0 Å². The highest BCUT2D eigenvalue weighted by Crippen LogP contribution is 2.43. The number of phosphoric ester groups is 1. The Balaban J connectivity index is 4.32. The van der Waals surface area contributed by atoms with E-state index in [2.05, 4.69) is 68.5 Å². The van der Waals surface area contributed by atoms with E-state index in [1.54, 1.807) is 0 Å². The van der Waals surface area contributed by atoms with Gasteiger partial charge in [0.1, 0.15) is 6.61 Å². The SMILES string of the molecule is CCC=CCC=CCC=CCC=CCC=CCCCC(=O)OCC(COP(=O)(O)OCCN)OC(=O)CCCCCCCCCCCCCC. The summed E-state index contributed by atoms with van der Waals surface area (Å²) in [6, 6.07) is 0. The average Bonchev–Trinajstić information content (AvgIpc) is 3.10. The molecule has 0 saturated carbocycles. The van der Waals surface area contributed by atoms with Crippen LogP contribution in [0.2, 0.25) is 0 Å². The van der Waals surface area contributed by atoms with Crippen molar-refractivity contribution in [2.24, 2.45) is 5.73 Å². The van der Waals surface area contributed by atoms with Crippen LogP contribution in [-0.4, -0.2) is 49.3 Å². The number of esters is 2. The maximum absolute atomic E-state index is 12.5. The molecule has 3 N–H and O–H groups in total. The van der Waals surface area contributed by atoms with Crippen molar-refractivity contribution in [3.8, 4) is 0 Å². The molecule has 0 aliphatic heterocycles. The summed E-state index contributed by atoms with van der Waals surface area (Å²) in [4.78, 5) is 34.7. The number of carbonyl (C=O) groups excluding carboxylic acids is 2. The molecule has 0 aromatic rings. The van der Waals surface area contributed by atoms with Crippen LogP contribution in [-0.2, 0) is 32.7 Å². The van der Waals surface area contributed by atoms with Gasteiger partial charge in [-0.3, -0.25) is 18.6 Å². The number of allylic oxidation sites excluding steroid dienone is 10. The Kier molecular flexibility index (Phi) is 34.8. The third-order valence-electron chi connectivity index (χ3n) is 7.67. The fourth-order valence-electron chi connectivity index (χ4n) is 4.84. The van der Waals surface area contributed by atoms with Gasteiger partial charge in [-0.25, -0.2) is 4.57 Å². The molecule has 0 spiro atoms. The number of carbonyl (C=O) groups is 2. The summed E-state index contributed by atoms with van der Waals surface area (Å²) in [5.74, 6) is -0.901. The Hall–Kier alpha value is -2.29. The van der Waals surface area contributed by atoms with Gasteiger partial charge in [0.05, 0.1) is 13.2 Å². The number of ether oxygens (including phenoxy) is 2. The molecule has 10 heteroatoms. The average molecular weight is 724 g/mol. The number of hydrogen-bond acceptors (Lipinski definition) is 8. The monoisotopic (exact) mass is 723 g/mol. The fraction of sp³-hybridized carbons (Fsp3) is 0.700. The molecule has 0 aromatic carbocycles. The van der Waals surface area contributed by atoms with E-state index in [0.29, 0.717) is 12.8 Å². The van der Waals surface area contributed by atoms with E-state index in [1.165, 1.54) is 51.4 Å². The van der Waals surface area contributed by atoms with Gasteiger partial charge in [-0.2, -0.15) is 0 Å². The highest BCUT2D eigenvalue weighted by Gasteiger charge is 2.25. The van der Waals surface area contributed by atoms with Crippen LogP contribution in [0.15, 0.2) is 60.8 Å². The van der Waals surface area contributed by atoms with E-state index in [0.717, 1.165) is 57.8 Å². The summed E-state index contributed by atoms with van der Waals surface area (Å²) in [5, 5.41) is 0. The van der Waals surface area contributed by atoms with Crippen molar-refractivity contribution in [1.29, 1.82) is 0 Å². The zero-order chi connectivity index (χ0) is 36.8. The third kappa shape index (κ3) is 35.5. The molecule has 2 unspecified atom stereocenters. The number of phosphoric acid groups is 1. The molecule has 2 atom stereocenters. The van der Waals surface area contributed by atoms with Crippen LogP contribution >= 0.6 is 7.82 Å². The van der Waals surface area contributed by atoms with Crippen molar-refractivity contribution in [3.05, 3.63) is 60.8 Å². The molecule has 9 nitrogen and oxygen atoms in total. The van der Waals surface area contributed by atoms with E-state index < -0.39 is 32.5 Å². The Morgan fingerprint density at radius 2 is 1.10 bits per heavy atom. The van der Waals surface area contributed by atoms with E-state index >= 15 is 0 Å². The summed E-state index contributed by atoms with van der Waals surface area (Å²) in [6.45, 7) is 3.53. The van der Waals surface area contributed by atoms with Crippen LogP contribution in [0.4, 0.5) is 0 Å². The lowest BCUT2D eigenvalue weighted by atomic mass is 10.0. The van der Waals surface area contributed by atoms with Crippen molar-refractivity contribution >= 4 is 19.8 Å². The number of nitrogens with two attached hydrogens (primary N) is 1. The van der Waals surface area contributed by atoms with Crippen molar-refractivity contribution < 1.29 is 37.6 Å². The lowest BCUT2D eigenvalue weighted by Crippen LogP contribution is -2.29. The minimum Gasteiger partial charge on any atom is -0.462 e. The van der Waals surface area contributed by atoms with Crippen molar-refractivity contribution in [2.45, 2.75) is 155 Å². The van der Waals surface area contributed by atoms with E-state index in [9.17, 15) is 19.0 Å². The zero-order valence-corrected chi connectivity index (χ0v) is 32.3. The molecule has 288 valence electrons. The Labute approximate surface area is 304 Å². The van der Waals surface area contributed by atoms with E-state index in [-0.39, 0.29) is 32.6 Å². The maximum Gasteiger partial charge on any atom is 0.472 e. The summed E-state index contributed by atoms with van der Waals surface area (Å²) in [7, 11) is -4.38. The Morgan fingerprint density at radius 1 is 0.620 bits per heavy atom. The molecule has 0 aliphatic rings. The summed E-state index contributed by atoms with van der Waals surface area (Å²) >= 11 is 0. The van der Waals surface area contributed by atoms with Crippen LogP contribution < -0.4 is 5.73 Å². The minimum absolute atomic E-state index is 0.0443. The molecule has 0 heterocycles. The lowest BCUT2D eigenvalue weighted by molar-refractivity contribution is -0.161.